The molecule has 0 spiro atoms. The van der Waals surface area contributed by atoms with Crippen LogP contribution < -0.4 is 11.1 Å². The number of nitrogens with one attached hydrogen (secondary N) is 1. The minimum absolute atomic E-state index is 0.133. The minimum atomic E-state index is -0.133. The van der Waals surface area contributed by atoms with Crippen LogP contribution in [0.4, 0.5) is 0 Å². The van der Waals surface area contributed by atoms with E-state index in [1.54, 1.807) is 0 Å². The Balaban J connectivity index is 4.07. The Labute approximate surface area is 113 Å². The maximum Gasteiger partial charge on any atom is 0.220 e. The van der Waals surface area contributed by atoms with Gasteiger partial charge in [0, 0.05) is 12.0 Å². The van der Waals surface area contributed by atoms with E-state index in [0.717, 1.165) is 19.3 Å². The third-order valence-electron chi connectivity index (χ3n) is 2.97. The Kier molecular flexibility index (Phi) is 6.90. The van der Waals surface area contributed by atoms with Crippen LogP contribution in [0.25, 0.3) is 0 Å². The molecule has 0 aromatic carbocycles. The Morgan fingerprint density at radius 1 is 1.17 bits per heavy atom. The van der Waals surface area contributed by atoms with Crippen molar-refractivity contribution in [2.45, 2.75) is 72.8 Å². The van der Waals surface area contributed by atoms with Crippen molar-refractivity contribution in [1.82, 2.24) is 5.32 Å². The normalized spacial score (nSPS) is 14.4. The molecule has 18 heavy (non-hydrogen) atoms. The molecule has 108 valence electrons. The van der Waals surface area contributed by atoms with Gasteiger partial charge in [0.15, 0.2) is 0 Å². The van der Waals surface area contributed by atoms with Crippen LogP contribution in [0.3, 0.4) is 0 Å². The Morgan fingerprint density at radius 3 is 2.17 bits per heavy atom. The summed E-state index contributed by atoms with van der Waals surface area (Å²) in [5.74, 6) is 0.694. The topological polar surface area (TPSA) is 55.1 Å². The summed E-state index contributed by atoms with van der Waals surface area (Å²) in [7, 11) is 0. The molecule has 3 N–H and O–H groups in total. The monoisotopic (exact) mass is 256 g/mol. The molecule has 0 rings (SSSR count). The summed E-state index contributed by atoms with van der Waals surface area (Å²) in [5, 5.41) is 3.14. The second-order valence-corrected chi connectivity index (χ2v) is 7.39. The molecule has 3 heteroatoms. The minimum Gasteiger partial charge on any atom is -0.351 e. The highest BCUT2D eigenvalue weighted by Crippen LogP contribution is 2.26. The van der Waals surface area contributed by atoms with Crippen LogP contribution in [0.2, 0.25) is 0 Å². The van der Waals surface area contributed by atoms with Crippen molar-refractivity contribution in [3.05, 3.63) is 0 Å². The quantitative estimate of drug-likeness (QED) is 0.735. The second-order valence-electron chi connectivity index (χ2n) is 7.39. The zero-order valence-corrected chi connectivity index (χ0v) is 13.1. The number of rotatable bonds is 7. The van der Waals surface area contributed by atoms with Crippen molar-refractivity contribution in [1.29, 1.82) is 0 Å². The van der Waals surface area contributed by atoms with Gasteiger partial charge in [0.25, 0.3) is 0 Å². The largest absolute Gasteiger partial charge is 0.351 e. The van der Waals surface area contributed by atoms with Crippen LogP contribution in [0.5, 0.6) is 0 Å². The summed E-state index contributed by atoms with van der Waals surface area (Å²) < 4.78 is 0. The molecule has 0 radical (unpaired) electrons. The van der Waals surface area contributed by atoms with Gasteiger partial charge in [-0.25, -0.2) is 0 Å². The molecule has 0 heterocycles. The molecule has 3 nitrogen and oxygen atoms in total. The van der Waals surface area contributed by atoms with Gasteiger partial charge >= 0.3 is 0 Å². The average Bonchev–Trinajstić information content (AvgIpc) is 2.10. The summed E-state index contributed by atoms with van der Waals surface area (Å²) >= 11 is 0. The number of carbonyl (C=O) groups is 1. The molecule has 1 atom stereocenters. The van der Waals surface area contributed by atoms with Crippen LogP contribution in [0.1, 0.15) is 67.2 Å². The van der Waals surface area contributed by atoms with Crippen LogP contribution >= 0.6 is 0 Å². The van der Waals surface area contributed by atoms with Gasteiger partial charge < -0.3 is 11.1 Å². The zero-order valence-electron chi connectivity index (χ0n) is 13.1. The molecule has 0 aromatic rings. The summed E-state index contributed by atoms with van der Waals surface area (Å²) in [6.07, 6.45) is 3.51. The summed E-state index contributed by atoms with van der Waals surface area (Å²) in [4.78, 5) is 11.9. The molecule has 0 aliphatic carbocycles. The molecular formula is C15H32N2O. The van der Waals surface area contributed by atoms with Gasteiger partial charge in [-0.15, -0.1) is 0 Å². The first-order valence-corrected chi connectivity index (χ1v) is 7.07. The van der Waals surface area contributed by atoms with Crippen molar-refractivity contribution in [2.24, 2.45) is 17.1 Å². The smallest absolute Gasteiger partial charge is 0.220 e. The molecule has 0 bridgehead atoms. The molecule has 1 amide bonds. The molecular weight excluding hydrogens is 224 g/mol. The number of nitrogens with two attached hydrogens (primary N) is 1. The molecule has 0 aliphatic heterocycles. The molecule has 0 aromatic heterocycles. The number of hydrogen-bond acceptors (Lipinski definition) is 2. The molecule has 0 fully saturated rings. The average molecular weight is 256 g/mol. The Morgan fingerprint density at radius 2 is 1.72 bits per heavy atom. The lowest BCUT2D eigenvalue weighted by Gasteiger charge is -2.33. The van der Waals surface area contributed by atoms with Gasteiger partial charge in [0.05, 0.1) is 0 Å². The van der Waals surface area contributed by atoms with Crippen LogP contribution in [-0.2, 0) is 4.79 Å². The van der Waals surface area contributed by atoms with Gasteiger partial charge in [-0.1, -0.05) is 27.7 Å². The van der Waals surface area contributed by atoms with E-state index >= 15 is 0 Å². The van der Waals surface area contributed by atoms with E-state index in [1.165, 1.54) is 0 Å². The van der Waals surface area contributed by atoms with E-state index in [2.05, 4.69) is 46.9 Å². The highest BCUT2D eigenvalue weighted by atomic mass is 16.1. The number of amides is 1. The summed E-state index contributed by atoms with van der Waals surface area (Å²) in [5.41, 5.74) is 5.60. The van der Waals surface area contributed by atoms with E-state index in [0.29, 0.717) is 18.9 Å². The molecule has 0 aliphatic rings. The van der Waals surface area contributed by atoms with E-state index < -0.39 is 0 Å². The first kappa shape index (κ1) is 17.4. The van der Waals surface area contributed by atoms with Crippen LogP contribution in [-0.4, -0.2) is 18.0 Å². The van der Waals surface area contributed by atoms with Gasteiger partial charge in [-0.05, 0) is 51.0 Å². The van der Waals surface area contributed by atoms with E-state index in [1.807, 2.05) is 0 Å². The van der Waals surface area contributed by atoms with E-state index in [4.69, 9.17) is 5.73 Å². The highest BCUT2D eigenvalue weighted by molar-refractivity contribution is 5.76. The van der Waals surface area contributed by atoms with E-state index in [-0.39, 0.29) is 16.9 Å². The van der Waals surface area contributed by atoms with Crippen LogP contribution in [0.15, 0.2) is 0 Å². The van der Waals surface area contributed by atoms with Gasteiger partial charge in [0.2, 0.25) is 5.91 Å². The predicted octanol–water partition coefficient (Wildman–Crippen LogP) is 3.08. The van der Waals surface area contributed by atoms with Crippen molar-refractivity contribution < 1.29 is 4.79 Å². The molecule has 0 saturated heterocycles. The van der Waals surface area contributed by atoms with Gasteiger partial charge in [0.1, 0.15) is 0 Å². The number of carbonyl (C=O) groups excluding carboxylic acids is 1. The fraction of sp³-hybridized carbons (Fsp3) is 0.933. The Bertz CT molecular complexity index is 254. The fourth-order valence-corrected chi connectivity index (χ4v) is 2.62. The standard InChI is InChI=1S/C15H32N2O/c1-12(9-10-16)7-8-13(18)17-15(5,6)11-14(2,3)4/h12H,7-11,16H2,1-6H3,(H,17,18). The van der Waals surface area contributed by atoms with Crippen molar-refractivity contribution in [3.8, 4) is 0 Å². The highest BCUT2D eigenvalue weighted by Gasteiger charge is 2.26. The van der Waals surface area contributed by atoms with Gasteiger partial charge in [-0.2, -0.15) is 0 Å². The lowest BCUT2D eigenvalue weighted by molar-refractivity contribution is -0.123. The first-order valence-electron chi connectivity index (χ1n) is 7.07. The first-order chi connectivity index (χ1) is 8.06. The molecule has 1 unspecified atom stereocenters. The maximum absolute atomic E-state index is 11.9. The SMILES string of the molecule is CC(CCN)CCC(=O)NC(C)(C)CC(C)(C)C. The van der Waals surface area contributed by atoms with E-state index in [9.17, 15) is 4.79 Å². The van der Waals surface area contributed by atoms with Crippen molar-refractivity contribution in [3.63, 3.8) is 0 Å². The second kappa shape index (κ2) is 7.13. The Hall–Kier alpha value is -0.570. The predicted molar refractivity (Wildman–Crippen MR) is 78.4 cm³/mol. The summed E-state index contributed by atoms with van der Waals surface area (Å²) in [6, 6.07) is 0. The van der Waals surface area contributed by atoms with Gasteiger partial charge in [-0.3, -0.25) is 4.79 Å². The van der Waals surface area contributed by atoms with Crippen LogP contribution in [0, 0.1) is 11.3 Å². The number of hydrogen-bond donors (Lipinski definition) is 2. The third-order valence-corrected chi connectivity index (χ3v) is 2.97. The summed E-state index contributed by atoms with van der Waals surface area (Å²) in [6.45, 7) is 13.6. The lowest BCUT2D eigenvalue weighted by atomic mass is 9.81. The zero-order chi connectivity index (χ0) is 14.4. The van der Waals surface area contributed by atoms with Crippen molar-refractivity contribution >= 4 is 5.91 Å². The fourth-order valence-electron chi connectivity index (χ4n) is 2.62. The lowest BCUT2D eigenvalue weighted by Crippen LogP contribution is -2.45. The maximum atomic E-state index is 11.9. The third kappa shape index (κ3) is 9.46. The molecule has 0 saturated carbocycles. The van der Waals surface area contributed by atoms with Crippen molar-refractivity contribution in [2.75, 3.05) is 6.54 Å².